The number of aromatic hydroxyl groups is 1. The summed E-state index contributed by atoms with van der Waals surface area (Å²) in [5.74, 6) is 0.288. The summed E-state index contributed by atoms with van der Waals surface area (Å²) in [4.78, 5) is 17.0. The van der Waals surface area contributed by atoms with E-state index in [1.165, 1.54) is 6.88 Å². The molecular weight excluding hydrogens is 727 g/mol. The number of halogens is 3. The Bertz CT molecular complexity index is 1150. The van der Waals surface area contributed by atoms with Crippen LogP contribution in [0.25, 0.3) is 10.0 Å². The predicted octanol–water partition coefficient (Wildman–Crippen LogP) is 5.25. The van der Waals surface area contributed by atoms with Crippen LogP contribution in [-0.4, -0.2) is 39.2 Å². The van der Waals surface area contributed by atoms with Crippen LogP contribution < -0.4 is 5.19 Å². The molecule has 0 spiro atoms. The van der Waals surface area contributed by atoms with Gasteiger partial charge in [0.25, 0.3) is 0 Å². The summed E-state index contributed by atoms with van der Waals surface area (Å²) in [5, 5.41) is 13.1. The first-order valence-corrected chi connectivity index (χ1v) is 15.8. The van der Waals surface area contributed by atoms with Crippen LogP contribution >= 0.6 is 61.1 Å². The molecule has 2 aromatic rings. The van der Waals surface area contributed by atoms with Crippen molar-refractivity contribution in [3.8, 4) is 15.8 Å². The molecule has 1 aromatic heterocycles. The van der Waals surface area contributed by atoms with E-state index in [0.29, 0.717) is 0 Å². The van der Waals surface area contributed by atoms with Crippen LogP contribution in [0, 0.1) is 6.01 Å². The SMILES string of the molecule is C=CC[Si]1(C)C2=CC(=O)C=CC2=Nc2ccc(O)c(-c3[se]c(I)c(Br)c3I)c21. The second kappa shape index (κ2) is 7.77. The Morgan fingerprint density at radius 2 is 2.11 bits per heavy atom. The Morgan fingerprint density at radius 1 is 1.36 bits per heavy atom. The zero-order valence-corrected chi connectivity index (χ0v) is 23.3. The fourth-order valence-corrected chi connectivity index (χ4v) is 14.2. The van der Waals surface area contributed by atoms with E-state index < -0.39 is 8.07 Å². The first kappa shape index (κ1) is 21.0. The van der Waals surface area contributed by atoms with Crippen molar-refractivity contribution < 1.29 is 9.90 Å². The minimum absolute atomic E-state index is 0.000249. The summed E-state index contributed by atoms with van der Waals surface area (Å²) in [6.45, 7) is 6.25. The number of hydrogen-bond acceptors (Lipinski definition) is 3. The molecule has 1 unspecified atom stereocenters. The zero-order valence-electron chi connectivity index (χ0n) is 14.7. The van der Waals surface area contributed by atoms with Crippen LogP contribution in [0.1, 0.15) is 0 Å². The molecule has 1 aliphatic heterocycles. The summed E-state index contributed by atoms with van der Waals surface area (Å²) in [6.07, 6.45) is 7.08. The second-order valence-corrected chi connectivity index (χ2v) is 17.6. The number of nitrogens with zero attached hydrogens (tertiary/aromatic N) is 1. The number of allylic oxidation sites excluding steroid dienone is 5. The van der Waals surface area contributed by atoms with Gasteiger partial charge in [0.2, 0.25) is 0 Å². The number of phenols is 1. The molecule has 0 amide bonds. The third-order valence-corrected chi connectivity index (χ3v) is 17.9. The average molecular weight is 741 g/mol. The van der Waals surface area contributed by atoms with Crippen molar-refractivity contribution in [1.82, 2.24) is 0 Å². The van der Waals surface area contributed by atoms with Crippen LogP contribution in [0.4, 0.5) is 5.69 Å². The molecule has 4 rings (SSSR count). The molecule has 0 bridgehead atoms. The van der Waals surface area contributed by atoms with Gasteiger partial charge in [-0.15, -0.1) is 0 Å². The van der Waals surface area contributed by atoms with Crippen molar-refractivity contribution in [2.45, 2.75) is 12.6 Å². The van der Waals surface area contributed by atoms with Gasteiger partial charge in [-0.05, 0) is 0 Å². The van der Waals surface area contributed by atoms with Crippen molar-refractivity contribution in [1.29, 1.82) is 0 Å². The minimum atomic E-state index is -2.36. The molecular formula is C20H14BrI2NO2SeSi. The van der Waals surface area contributed by atoms with Gasteiger partial charge in [0, 0.05) is 0 Å². The molecule has 3 nitrogen and oxygen atoms in total. The third-order valence-electron chi connectivity index (χ3n) is 5.05. The molecule has 142 valence electrons. The standard InChI is InChI=1S/C20H14BrI2NO2SeSi/c1-3-8-28(2)14-9-10(25)4-5-11(14)24-12-6-7-13(26)15(19(12)28)18-17(22)16(21)20(23)27-18/h3-7,9,26H,1,8H2,2H3. The molecule has 1 aromatic carbocycles. The molecule has 1 aliphatic carbocycles. The normalized spacial score (nSPS) is 20.4. The van der Waals surface area contributed by atoms with E-state index >= 15 is 0 Å². The summed E-state index contributed by atoms with van der Waals surface area (Å²) >= 11 is 8.54. The van der Waals surface area contributed by atoms with Crippen molar-refractivity contribution >= 4 is 106 Å². The van der Waals surface area contributed by atoms with Gasteiger partial charge in [-0.3, -0.25) is 0 Å². The van der Waals surface area contributed by atoms with Crippen molar-refractivity contribution in [2.75, 3.05) is 0 Å². The molecule has 0 saturated carbocycles. The van der Waals surface area contributed by atoms with Gasteiger partial charge in [-0.2, -0.15) is 0 Å². The quantitative estimate of drug-likeness (QED) is 0.203. The van der Waals surface area contributed by atoms with Crippen molar-refractivity contribution in [2.24, 2.45) is 4.99 Å². The summed E-state index contributed by atoms with van der Waals surface area (Å²) in [7, 11) is -2.36. The Labute approximate surface area is 205 Å². The number of phenolic OH excluding ortho intramolecular Hbond substituents is 1. The van der Waals surface area contributed by atoms with Crippen LogP contribution in [0.3, 0.4) is 0 Å². The molecule has 28 heavy (non-hydrogen) atoms. The topological polar surface area (TPSA) is 49.7 Å². The van der Waals surface area contributed by atoms with E-state index in [4.69, 9.17) is 4.99 Å². The summed E-state index contributed by atoms with van der Waals surface area (Å²) < 4.78 is 4.72. The van der Waals surface area contributed by atoms with Crippen LogP contribution in [0.2, 0.25) is 12.6 Å². The monoisotopic (exact) mass is 741 g/mol. The number of fused-ring (bicyclic) bond motifs is 2. The number of benzene rings is 1. The second-order valence-electron chi connectivity index (χ2n) is 6.80. The fourth-order valence-electron chi connectivity index (χ4n) is 3.81. The van der Waals surface area contributed by atoms with E-state index in [0.717, 1.165) is 41.4 Å². The maximum absolute atomic E-state index is 12.2. The van der Waals surface area contributed by atoms with E-state index in [1.54, 1.807) is 18.2 Å². The van der Waals surface area contributed by atoms with Crippen molar-refractivity contribution in [3.63, 3.8) is 0 Å². The summed E-state index contributed by atoms with van der Waals surface area (Å²) in [5.41, 5.74) is 2.68. The number of rotatable bonds is 3. The molecule has 1 atom stereocenters. The zero-order chi connectivity index (χ0) is 20.2. The van der Waals surface area contributed by atoms with E-state index in [1.807, 2.05) is 18.2 Å². The van der Waals surface area contributed by atoms with E-state index in [-0.39, 0.29) is 26.0 Å². The molecule has 0 fully saturated rings. The predicted molar refractivity (Wildman–Crippen MR) is 139 cm³/mol. The van der Waals surface area contributed by atoms with Gasteiger partial charge in [0.15, 0.2) is 0 Å². The van der Waals surface area contributed by atoms with Gasteiger partial charge in [-0.1, -0.05) is 0 Å². The maximum atomic E-state index is 12.2. The average Bonchev–Trinajstić information content (AvgIpc) is 2.91. The molecule has 1 N–H and O–H groups in total. The number of carbonyl (C=O) groups is 1. The van der Waals surface area contributed by atoms with Crippen LogP contribution in [-0.2, 0) is 4.79 Å². The van der Waals surface area contributed by atoms with Crippen molar-refractivity contribution in [3.05, 3.63) is 58.7 Å². The Hall–Kier alpha value is -0.264. The van der Waals surface area contributed by atoms with Gasteiger partial charge in [0.05, 0.1) is 0 Å². The number of ketones is 1. The Balaban J connectivity index is 2.12. The number of aliphatic imine (C=N–C) groups is 1. The number of carbonyl (C=O) groups excluding carboxylic acids is 1. The Morgan fingerprint density at radius 3 is 2.75 bits per heavy atom. The first-order valence-electron chi connectivity index (χ1n) is 8.42. The molecule has 0 saturated heterocycles. The molecule has 2 heterocycles. The third kappa shape index (κ3) is 3.24. The molecule has 2 aliphatic rings. The number of hydrogen-bond donors (Lipinski definition) is 1. The van der Waals surface area contributed by atoms with Gasteiger partial charge >= 0.3 is 208 Å². The van der Waals surface area contributed by atoms with E-state index in [2.05, 4.69) is 74.2 Å². The van der Waals surface area contributed by atoms with E-state index in [9.17, 15) is 9.90 Å². The first-order chi connectivity index (χ1) is 13.3. The fraction of sp³-hybridized carbons (Fsp3) is 0.100. The van der Waals surface area contributed by atoms with Gasteiger partial charge < -0.3 is 0 Å². The van der Waals surface area contributed by atoms with Crippen LogP contribution in [0.5, 0.6) is 5.75 Å². The van der Waals surface area contributed by atoms with Gasteiger partial charge in [0.1, 0.15) is 0 Å². The summed E-state index contributed by atoms with van der Waals surface area (Å²) in [6, 6.07) is 4.43. The molecule has 8 heteroatoms. The Kier molecular flexibility index (Phi) is 5.82. The van der Waals surface area contributed by atoms with Gasteiger partial charge in [-0.25, -0.2) is 0 Å². The molecule has 0 radical (unpaired) electrons. The van der Waals surface area contributed by atoms with Crippen LogP contribution in [0.15, 0.2) is 57.7 Å².